The summed E-state index contributed by atoms with van der Waals surface area (Å²) in [5, 5.41) is 10.2. The first-order chi connectivity index (χ1) is 8.70. The molecule has 5 nitrogen and oxygen atoms in total. The van der Waals surface area contributed by atoms with E-state index in [9.17, 15) is 9.90 Å². The average molecular weight is 262 g/mol. The highest BCUT2D eigenvalue weighted by Gasteiger charge is 2.11. The third-order valence-corrected chi connectivity index (χ3v) is 3.08. The number of methoxy groups -OCH3 is 1. The Kier molecular flexibility index (Phi) is 3.78. The van der Waals surface area contributed by atoms with Crippen molar-refractivity contribution < 1.29 is 14.6 Å². The maximum absolute atomic E-state index is 11.3. The first-order valence-electron chi connectivity index (χ1n) is 5.08. The maximum Gasteiger partial charge on any atom is 0.376 e. The summed E-state index contributed by atoms with van der Waals surface area (Å²) < 4.78 is 4.54. The van der Waals surface area contributed by atoms with E-state index in [2.05, 4.69) is 14.7 Å². The number of carbonyl (C=O) groups excluding carboxylic acids is 1. The molecule has 0 radical (unpaired) electrons. The molecule has 1 aromatic carbocycles. The number of benzene rings is 1. The Bertz CT molecular complexity index is 575. The molecule has 0 unspecified atom stereocenters. The zero-order chi connectivity index (χ0) is 13.0. The number of nitrogens with zero attached hydrogens (tertiary/aromatic N) is 2. The van der Waals surface area contributed by atoms with Crippen molar-refractivity contribution in [3.05, 3.63) is 42.4 Å². The minimum Gasteiger partial charge on any atom is -0.507 e. The molecule has 0 spiro atoms. The van der Waals surface area contributed by atoms with Crippen molar-refractivity contribution in [1.82, 2.24) is 9.97 Å². The number of hydrogen-bond donors (Lipinski definition) is 1. The largest absolute Gasteiger partial charge is 0.507 e. The lowest BCUT2D eigenvalue weighted by molar-refractivity contribution is 0.0585. The van der Waals surface area contributed by atoms with Crippen molar-refractivity contribution in [2.45, 2.75) is 9.92 Å². The number of carbonyl (C=O) groups is 1. The smallest absolute Gasteiger partial charge is 0.376 e. The second-order valence-electron chi connectivity index (χ2n) is 3.28. The van der Waals surface area contributed by atoms with Gasteiger partial charge in [-0.05, 0) is 18.2 Å². The number of phenolic OH excluding ortho intramolecular Hbond substituents is 1. The van der Waals surface area contributed by atoms with Crippen LogP contribution < -0.4 is 0 Å². The fourth-order valence-electron chi connectivity index (χ4n) is 1.24. The number of esters is 1. The Labute approximate surface area is 108 Å². The van der Waals surface area contributed by atoms with Gasteiger partial charge in [0.25, 0.3) is 0 Å². The third-order valence-electron chi connectivity index (χ3n) is 2.08. The number of aromatic hydroxyl groups is 1. The second-order valence-corrected chi connectivity index (χ2v) is 4.34. The molecule has 0 bridgehead atoms. The normalized spacial score (nSPS) is 10.1. The van der Waals surface area contributed by atoms with Crippen LogP contribution in [0.3, 0.4) is 0 Å². The second kappa shape index (κ2) is 5.50. The van der Waals surface area contributed by atoms with E-state index in [-0.39, 0.29) is 11.6 Å². The van der Waals surface area contributed by atoms with Crippen LogP contribution in [0.15, 0.2) is 46.5 Å². The Morgan fingerprint density at radius 2 is 2.11 bits per heavy atom. The topological polar surface area (TPSA) is 72.3 Å². The van der Waals surface area contributed by atoms with Gasteiger partial charge in [0.05, 0.1) is 12.0 Å². The average Bonchev–Trinajstić information content (AvgIpc) is 2.41. The molecule has 0 atom stereocenters. The lowest BCUT2D eigenvalue weighted by Gasteiger charge is -2.04. The molecule has 0 aliphatic carbocycles. The molecule has 0 aliphatic rings. The van der Waals surface area contributed by atoms with Crippen LogP contribution in [0.1, 0.15) is 10.6 Å². The Hall–Kier alpha value is -2.08. The van der Waals surface area contributed by atoms with E-state index < -0.39 is 5.97 Å². The molecule has 1 heterocycles. The van der Waals surface area contributed by atoms with Gasteiger partial charge >= 0.3 is 5.97 Å². The van der Waals surface area contributed by atoms with Crippen LogP contribution in [0.4, 0.5) is 0 Å². The van der Waals surface area contributed by atoms with Gasteiger partial charge in [0.1, 0.15) is 10.8 Å². The Morgan fingerprint density at radius 1 is 1.33 bits per heavy atom. The van der Waals surface area contributed by atoms with Crippen LogP contribution in [0, 0.1) is 0 Å². The van der Waals surface area contributed by atoms with Crippen LogP contribution in [-0.2, 0) is 4.74 Å². The summed E-state index contributed by atoms with van der Waals surface area (Å²) in [5.41, 5.74) is 0. The fraction of sp³-hybridized carbons (Fsp3) is 0.0833. The summed E-state index contributed by atoms with van der Waals surface area (Å²) in [5.74, 6) is -0.423. The third kappa shape index (κ3) is 2.78. The van der Waals surface area contributed by atoms with Crippen molar-refractivity contribution >= 4 is 17.7 Å². The zero-order valence-electron chi connectivity index (χ0n) is 9.53. The molecule has 92 valence electrons. The summed E-state index contributed by atoms with van der Waals surface area (Å²) in [6, 6.07) is 8.55. The molecular weight excluding hydrogens is 252 g/mol. The summed E-state index contributed by atoms with van der Waals surface area (Å²) >= 11 is 1.25. The van der Waals surface area contributed by atoms with Gasteiger partial charge in [-0.25, -0.2) is 14.8 Å². The van der Waals surface area contributed by atoms with E-state index in [0.29, 0.717) is 9.92 Å². The van der Waals surface area contributed by atoms with E-state index in [1.54, 1.807) is 24.3 Å². The van der Waals surface area contributed by atoms with Crippen LogP contribution in [-0.4, -0.2) is 28.2 Å². The van der Waals surface area contributed by atoms with Crippen molar-refractivity contribution in [3.8, 4) is 5.75 Å². The van der Waals surface area contributed by atoms with Gasteiger partial charge in [-0.3, -0.25) is 0 Å². The number of rotatable bonds is 3. The Morgan fingerprint density at radius 3 is 2.83 bits per heavy atom. The van der Waals surface area contributed by atoms with Crippen LogP contribution in [0.25, 0.3) is 0 Å². The number of hydrogen-bond acceptors (Lipinski definition) is 6. The molecule has 18 heavy (non-hydrogen) atoms. The first kappa shape index (κ1) is 12.4. The molecule has 1 N–H and O–H groups in total. The number of para-hydroxylation sites is 1. The zero-order valence-corrected chi connectivity index (χ0v) is 10.3. The minimum absolute atomic E-state index is 0.00193. The fourth-order valence-corrected chi connectivity index (χ4v) is 2.05. The standard InChI is InChI=1S/C12H10N2O3S/c1-17-12(16)11-13-7-6-10(14-11)18-9-5-3-2-4-8(9)15/h2-7,15H,1H3. The lowest BCUT2D eigenvalue weighted by atomic mass is 10.3. The molecule has 0 aliphatic heterocycles. The van der Waals surface area contributed by atoms with Gasteiger partial charge < -0.3 is 9.84 Å². The van der Waals surface area contributed by atoms with Crippen LogP contribution in [0.5, 0.6) is 5.75 Å². The molecule has 0 saturated heterocycles. The molecule has 0 amide bonds. The van der Waals surface area contributed by atoms with Gasteiger partial charge in [0.2, 0.25) is 5.82 Å². The van der Waals surface area contributed by atoms with E-state index >= 15 is 0 Å². The summed E-state index contributed by atoms with van der Waals surface area (Å²) in [6.07, 6.45) is 1.47. The maximum atomic E-state index is 11.3. The highest BCUT2D eigenvalue weighted by Crippen LogP contribution is 2.32. The van der Waals surface area contributed by atoms with Crippen molar-refractivity contribution in [3.63, 3.8) is 0 Å². The number of ether oxygens (including phenoxy) is 1. The number of phenols is 1. The van der Waals surface area contributed by atoms with Gasteiger partial charge in [-0.1, -0.05) is 23.9 Å². The van der Waals surface area contributed by atoms with Crippen molar-refractivity contribution in [2.24, 2.45) is 0 Å². The highest BCUT2D eigenvalue weighted by molar-refractivity contribution is 7.99. The van der Waals surface area contributed by atoms with Gasteiger partial charge in [-0.2, -0.15) is 0 Å². The molecule has 2 rings (SSSR count). The summed E-state index contributed by atoms with van der Waals surface area (Å²) in [4.78, 5) is 19.8. The van der Waals surface area contributed by atoms with Crippen molar-refractivity contribution in [2.75, 3.05) is 7.11 Å². The molecule has 6 heteroatoms. The predicted molar refractivity (Wildman–Crippen MR) is 65.6 cm³/mol. The molecule has 0 fully saturated rings. The van der Waals surface area contributed by atoms with E-state index in [1.807, 2.05) is 6.07 Å². The Balaban J connectivity index is 2.25. The number of aromatic nitrogens is 2. The van der Waals surface area contributed by atoms with E-state index in [4.69, 9.17) is 0 Å². The van der Waals surface area contributed by atoms with E-state index in [0.717, 1.165) is 0 Å². The molecule has 0 saturated carbocycles. The van der Waals surface area contributed by atoms with Crippen LogP contribution >= 0.6 is 11.8 Å². The van der Waals surface area contributed by atoms with Crippen LogP contribution in [0.2, 0.25) is 0 Å². The molecule has 2 aromatic rings. The highest BCUT2D eigenvalue weighted by atomic mass is 32.2. The summed E-state index contributed by atoms with van der Waals surface area (Å²) in [6.45, 7) is 0. The first-order valence-corrected chi connectivity index (χ1v) is 5.89. The van der Waals surface area contributed by atoms with Crippen molar-refractivity contribution in [1.29, 1.82) is 0 Å². The minimum atomic E-state index is -0.588. The lowest BCUT2D eigenvalue weighted by Crippen LogP contribution is -2.07. The monoisotopic (exact) mass is 262 g/mol. The molecule has 1 aromatic heterocycles. The van der Waals surface area contributed by atoms with Gasteiger partial charge in [0.15, 0.2) is 0 Å². The SMILES string of the molecule is COC(=O)c1nccc(Sc2ccccc2O)n1. The quantitative estimate of drug-likeness (QED) is 0.674. The predicted octanol–water partition coefficient (Wildman–Crippen LogP) is 2.12. The van der Waals surface area contributed by atoms with Gasteiger partial charge in [0, 0.05) is 6.20 Å². The molecular formula is C12H10N2O3S. The van der Waals surface area contributed by atoms with Gasteiger partial charge in [-0.15, -0.1) is 0 Å². The summed E-state index contributed by atoms with van der Waals surface area (Å²) in [7, 11) is 1.27. The van der Waals surface area contributed by atoms with E-state index in [1.165, 1.54) is 25.1 Å².